The number of benzene rings is 1. The Bertz CT molecular complexity index is 453. The summed E-state index contributed by atoms with van der Waals surface area (Å²) >= 11 is 4.41. The summed E-state index contributed by atoms with van der Waals surface area (Å²) in [6.07, 6.45) is -9.80. The highest BCUT2D eigenvalue weighted by Crippen LogP contribution is 2.39. The molecular weight excluding hydrogens is 280 g/mol. The Morgan fingerprint density at radius 1 is 1.00 bits per heavy atom. The Balaban J connectivity index is 3.64. The van der Waals surface area contributed by atoms with E-state index >= 15 is 0 Å². The predicted molar refractivity (Wildman–Crippen MR) is 57.1 cm³/mol. The number of alkyl halides is 6. The van der Waals surface area contributed by atoms with Gasteiger partial charge in [-0.05, 0) is 24.6 Å². The Hall–Kier alpha value is -1.31. The molecule has 0 amide bonds. The Labute approximate surface area is 104 Å². The largest absolute Gasteiger partial charge is 0.416 e. The van der Waals surface area contributed by atoms with Crippen molar-refractivity contribution in [2.45, 2.75) is 19.3 Å². The van der Waals surface area contributed by atoms with Gasteiger partial charge in [-0.2, -0.15) is 26.3 Å². The number of halogens is 6. The molecule has 0 fully saturated rings. The fourth-order valence-corrected chi connectivity index (χ4v) is 1.56. The zero-order chi connectivity index (χ0) is 14.3. The second-order valence-corrected chi connectivity index (χ2v) is 4.00. The lowest BCUT2D eigenvalue weighted by Crippen LogP contribution is -2.18. The lowest BCUT2D eigenvalue weighted by Gasteiger charge is -2.17. The molecule has 0 spiro atoms. The molecule has 0 aliphatic rings. The van der Waals surface area contributed by atoms with Crippen molar-refractivity contribution in [1.82, 2.24) is 0 Å². The van der Waals surface area contributed by atoms with E-state index in [1.807, 2.05) is 0 Å². The fourth-order valence-electron chi connectivity index (χ4n) is 1.45. The van der Waals surface area contributed by atoms with E-state index in [0.29, 0.717) is 12.1 Å². The van der Waals surface area contributed by atoms with Crippen molar-refractivity contribution in [2.75, 3.05) is 0 Å². The molecule has 0 aliphatic carbocycles. The van der Waals surface area contributed by atoms with Crippen molar-refractivity contribution in [3.05, 3.63) is 34.4 Å². The van der Waals surface area contributed by atoms with Crippen LogP contribution in [0, 0.1) is 6.92 Å². The quantitative estimate of drug-likeness (QED) is 0.630. The zero-order valence-corrected chi connectivity index (χ0v) is 9.72. The molecule has 0 heterocycles. The third-order valence-corrected chi connectivity index (χ3v) is 2.54. The van der Waals surface area contributed by atoms with Crippen molar-refractivity contribution in [1.29, 1.82) is 0 Å². The summed E-state index contributed by atoms with van der Waals surface area (Å²) in [6.45, 7) is 0.759. The van der Waals surface area contributed by atoms with Gasteiger partial charge in [0.25, 0.3) is 0 Å². The van der Waals surface area contributed by atoms with E-state index < -0.39 is 39.6 Å². The van der Waals surface area contributed by atoms with Gasteiger partial charge in [0, 0.05) is 5.56 Å². The molecule has 8 heteroatoms. The molecule has 0 bridgehead atoms. The van der Waals surface area contributed by atoms with E-state index in [1.54, 1.807) is 0 Å². The van der Waals surface area contributed by atoms with Gasteiger partial charge in [-0.15, -0.1) is 0 Å². The topological polar surface area (TPSA) is 26.0 Å². The molecule has 1 nitrogen and oxygen atoms in total. The van der Waals surface area contributed by atoms with Crippen LogP contribution in [-0.4, -0.2) is 4.99 Å². The summed E-state index contributed by atoms with van der Waals surface area (Å²) in [5.41, 5.74) is 0.951. The van der Waals surface area contributed by atoms with Crippen molar-refractivity contribution in [3.63, 3.8) is 0 Å². The summed E-state index contributed by atoms with van der Waals surface area (Å²) in [4.78, 5) is -0.522. The van der Waals surface area contributed by atoms with Gasteiger partial charge in [0.2, 0.25) is 0 Å². The van der Waals surface area contributed by atoms with Crippen LogP contribution >= 0.6 is 12.2 Å². The molecule has 0 saturated carbocycles. The molecule has 100 valence electrons. The van der Waals surface area contributed by atoms with Crippen molar-refractivity contribution in [3.8, 4) is 0 Å². The number of nitrogens with two attached hydrogens (primary N) is 1. The van der Waals surface area contributed by atoms with Gasteiger partial charge >= 0.3 is 12.4 Å². The van der Waals surface area contributed by atoms with Crippen LogP contribution < -0.4 is 5.73 Å². The van der Waals surface area contributed by atoms with Crippen LogP contribution in [0.15, 0.2) is 12.1 Å². The molecule has 0 unspecified atom stereocenters. The lowest BCUT2D eigenvalue weighted by molar-refractivity contribution is -0.143. The monoisotopic (exact) mass is 287 g/mol. The van der Waals surface area contributed by atoms with Crippen LogP contribution in [0.1, 0.15) is 22.3 Å². The SMILES string of the molecule is Cc1c(C(F)(F)F)cc(C(N)=S)cc1C(F)(F)F. The van der Waals surface area contributed by atoms with Crippen LogP contribution in [0.2, 0.25) is 0 Å². The maximum Gasteiger partial charge on any atom is 0.416 e. The molecule has 0 atom stereocenters. The number of hydrogen-bond acceptors (Lipinski definition) is 1. The molecule has 0 saturated heterocycles. The van der Waals surface area contributed by atoms with Gasteiger partial charge in [-0.25, -0.2) is 0 Å². The molecule has 18 heavy (non-hydrogen) atoms. The molecule has 1 rings (SSSR count). The maximum absolute atomic E-state index is 12.6. The minimum atomic E-state index is -4.90. The summed E-state index contributed by atoms with van der Waals surface area (Å²) in [7, 11) is 0. The second kappa shape index (κ2) is 4.42. The van der Waals surface area contributed by atoms with Gasteiger partial charge < -0.3 is 5.73 Å². The first-order valence-corrected chi connectivity index (χ1v) is 4.94. The average molecular weight is 287 g/mol. The first kappa shape index (κ1) is 14.7. The smallest absolute Gasteiger partial charge is 0.389 e. The standard InChI is InChI=1S/C10H7F6NS/c1-4-6(9(11,12)13)2-5(8(17)18)3-7(4)10(14,15)16/h2-3H,1H3,(H2,17,18). The van der Waals surface area contributed by atoms with E-state index in [9.17, 15) is 26.3 Å². The Kier molecular flexibility index (Phi) is 3.62. The van der Waals surface area contributed by atoms with Crippen LogP contribution in [0.3, 0.4) is 0 Å². The minimum Gasteiger partial charge on any atom is -0.389 e. The average Bonchev–Trinajstić information content (AvgIpc) is 2.13. The molecule has 2 N–H and O–H groups in total. The Morgan fingerprint density at radius 2 is 1.33 bits per heavy atom. The number of hydrogen-bond donors (Lipinski definition) is 1. The Morgan fingerprint density at radius 3 is 1.56 bits per heavy atom. The highest BCUT2D eigenvalue weighted by Gasteiger charge is 2.40. The van der Waals surface area contributed by atoms with Gasteiger partial charge in [0.05, 0.1) is 11.1 Å². The van der Waals surface area contributed by atoms with Crippen LogP contribution in [-0.2, 0) is 12.4 Å². The summed E-state index contributed by atoms with van der Waals surface area (Å²) in [5.74, 6) is 0. The van der Waals surface area contributed by atoms with Crippen molar-refractivity contribution >= 4 is 17.2 Å². The third kappa shape index (κ3) is 2.92. The van der Waals surface area contributed by atoms with Gasteiger partial charge in [0.15, 0.2) is 0 Å². The lowest BCUT2D eigenvalue weighted by atomic mass is 9.97. The van der Waals surface area contributed by atoms with E-state index in [-0.39, 0.29) is 0 Å². The first-order valence-electron chi connectivity index (χ1n) is 4.53. The molecule has 0 aliphatic heterocycles. The summed E-state index contributed by atoms with van der Waals surface area (Å²) in [6, 6.07) is 1.04. The summed E-state index contributed by atoms with van der Waals surface area (Å²) < 4.78 is 75.7. The molecule has 1 aromatic rings. The van der Waals surface area contributed by atoms with E-state index in [0.717, 1.165) is 6.92 Å². The molecule has 0 aromatic heterocycles. The minimum absolute atomic E-state index is 0.463. The van der Waals surface area contributed by atoms with Crippen LogP contribution in [0.5, 0.6) is 0 Å². The molecule has 0 radical (unpaired) electrons. The van der Waals surface area contributed by atoms with Crippen LogP contribution in [0.25, 0.3) is 0 Å². The number of thiocarbonyl (C=S) groups is 1. The van der Waals surface area contributed by atoms with E-state index in [1.165, 1.54) is 0 Å². The second-order valence-electron chi connectivity index (χ2n) is 3.56. The highest BCUT2D eigenvalue weighted by molar-refractivity contribution is 7.80. The molecule has 1 aromatic carbocycles. The first-order chi connectivity index (χ1) is 7.94. The van der Waals surface area contributed by atoms with Crippen molar-refractivity contribution in [2.24, 2.45) is 5.73 Å². The normalized spacial score (nSPS) is 12.6. The van der Waals surface area contributed by atoms with E-state index in [2.05, 4.69) is 12.2 Å². The van der Waals surface area contributed by atoms with E-state index in [4.69, 9.17) is 5.73 Å². The van der Waals surface area contributed by atoms with Gasteiger partial charge in [-0.1, -0.05) is 12.2 Å². The molecular formula is C10H7F6NS. The van der Waals surface area contributed by atoms with Gasteiger partial charge in [-0.3, -0.25) is 0 Å². The third-order valence-electron chi connectivity index (χ3n) is 2.30. The number of rotatable bonds is 1. The highest BCUT2D eigenvalue weighted by atomic mass is 32.1. The van der Waals surface area contributed by atoms with Crippen LogP contribution in [0.4, 0.5) is 26.3 Å². The predicted octanol–water partition coefficient (Wildman–Crippen LogP) is 3.67. The van der Waals surface area contributed by atoms with Crippen molar-refractivity contribution < 1.29 is 26.3 Å². The maximum atomic E-state index is 12.6. The fraction of sp³-hybridized carbons (Fsp3) is 0.300. The summed E-state index contributed by atoms with van der Waals surface area (Å²) in [5, 5.41) is 0. The zero-order valence-electron chi connectivity index (χ0n) is 8.91. The van der Waals surface area contributed by atoms with Gasteiger partial charge in [0.1, 0.15) is 4.99 Å².